The number of hydrogen-bond donors (Lipinski definition) is 1. The number of alkyl halides is 3. The lowest BCUT2D eigenvalue weighted by atomic mass is 10.1. The van der Waals surface area contributed by atoms with Crippen molar-refractivity contribution >= 4 is 11.6 Å². The maximum atomic E-state index is 13.0. The minimum Gasteiger partial charge on any atom is -0.492 e. The number of rotatable bonds is 4. The molecule has 1 heterocycles. The summed E-state index contributed by atoms with van der Waals surface area (Å²) in [6.07, 6.45) is -3.48. The predicted octanol–water partition coefficient (Wildman–Crippen LogP) is 3.89. The molecule has 0 bridgehead atoms. The van der Waals surface area contributed by atoms with Gasteiger partial charge < -0.3 is 10.1 Å². The van der Waals surface area contributed by atoms with Gasteiger partial charge in [0.05, 0.1) is 17.9 Å². The highest BCUT2D eigenvalue weighted by atomic mass is 19.4. The van der Waals surface area contributed by atoms with E-state index in [1.807, 2.05) is 0 Å². The number of amides is 1. The Labute approximate surface area is 129 Å². The molecule has 0 aliphatic rings. The molecule has 1 N–H and O–H groups in total. The lowest BCUT2D eigenvalue weighted by molar-refractivity contribution is -0.137. The monoisotopic (exact) mass is 328 g/mol. The number of pyridine rings is 1. The Hall–Kier alpha value is -2.64. The summed E-state index contributed by atoms with van der Waals surface area (Å²) in [4.78, 5) is 15.3. The van der Waals surface area contributed by atoms with Crippen LogP contribution in [0.2, 0.25) is 0 Å². The first-order valence-electron chi connectivity index (χ1n) is 6.58. The molecule has 23 heavy (non-hydrogen) atoms. The van der Waals surface area contributed by atoms with Crippen molar-refractivity contribution in [2.45, 2.75) is 13.1 Å². The first kappa shape index (κ1) is 16.7. The Morgan fingerprint density at radius 3 is 2.61 bits per heavy atom. The molecular formula is C15H12F4N2O2. The Bertz CT molecular complexity index is 717. The van der Waals surface area contributed by atoms with Crippen LogP contribution in [0.1, 0.15) is 22.8 Å². The average molecular weight is 328 g/mol. The van der Waals surface area contributed by atoms with Crippen molar-refractivity contribution in [1.29, 1.82) is 0 Å². The van der Waals surface area contributed by atoms with Crippen molar-refractivity contribution in [3.63, 3.8) is 0 Å². The molecule has 0 aliphatic carbocycles. The third-order valence-electron chi connectivity index (χ3n) is 2.84. The fraction of sp³-hybridized carbons (Fsp3) is 0.200. The van der Waals surface area contributed by atoms with Gasteiger partial charge in [-0.05, 0) is 31.2 Å². The molecule has 1 aromatic carbocycles. The average Bonchev–Trinajstić information content (AvgIpc) is 2.48. The predicted molar refractivity (Wildman–Crippen MR) is 74.8 cm³/mol. The molecule has 0 atom stereocenters. The van der Waals surface area contributed by atoms with Gasteiger partial charge in [0, 0.05) is 17.8 Å². The van der Waals surface area contributed by atoms with Gasteiger partial charge in [0.15, 0.2) is 0 Å². The SMILES string of the molecule is CCOc1ccc(C(F)(F)F)cc1NC(=O)c1ccnc(F)c1. The van der Waals surface area contributed by atoms with Crippen molar-refractivity contribution in [1.82, 2.24) is 4.98 Å². The normalized spacial score (nSPS) is 11.2. The van der Waals surface area contributed by atoms with Gasteiger partial charge in [0.25, 0.3) is 5.91 Å². The molecule has 0 saturated heterocycles. The van der Waals surface area contributed by atoms with Crippen LogP contribution >= 0.6 is 0 Å². The van der Waals surface area contributed by atoms with Crippen molar-refractivity contribution in [2.75, 3.05) is 11.9 Å². The fourth-order valence-electron chi connectivity index (χ4n) is 1.82. The van der Waals surface area contributed by atoms with Crippen LogP contribution in [-0.4, -0.2) is 17.5 Å². The highest BCUT2D eigenvalue weighted by Crippen LogP contribution is 2.35. The number of benzene rings is 1. The molecule has 0 radical (unpaired) electrons. The zero-order chi connectivity index (χ0) is 17.0. The van der Waals surface area contributed by atoms with E-state index in [1.54, 1.807) is 6.92 Å². The molecule has 0 unspecified atom stereocenters. The second-order valence-corrected chi connectivity index (χ2v) is 4.46. The standard InChI is InChI=1S/C15H12F4N2O2/c1-2-23-12-4-3-10(15(17,18)19)8-11(12)21-14(22)9-5-6-20-13(16)7-9/h3-8H,2H2,1H3,(H,21,22). The van der Waals surface area contributed by atoms with Gasteiger partial charge >= 0.3 is 6.18 Å². The quantitative estimate of drug-likeness (QED) is 0.684. The van der Waals surface area contributed by atoms with E-state index >= 15 is 0 Å². The first-order chi connectivity index (χ1) is 10.8. The van der Waals surface area contributed by atoms with Gasteiger partial charge in [-0.2, -0.15) is 17.6 Å². The van der Waals surface area contributed by atoms with E-state index < -0.39 is 23.6 Å². The molecule has 1 aromatic heterocycles. The van der Waals surface area contributed by atoms with Crippen LogP contribution in [0.15, 0.2) is 36.5 Å². The summed E-state index contributed by atoms with van der Waals surface area (Å²) in [5.41, 5.74) is -1.15. The van der Waals surface area contributed by atoms with Crippen LogP contribution < -0.4 is 10.1 Å². The van der Waals surface area contributed by atoms with E-state index in [4.69, 9.17) is 4.74 Å². The van der Waals surface area contributed by atoms with E-state index in [2.05, 4.69) is 10.3 Å². The maximum absolute atomic E-state index is 13.0. The van der Waals surface area contributed by atoms with E-state index in [1.165, 1.54) is 6.07 Å². The molecule has 8 heteroatoms. The smallest absolute Gasteiger partial charge is 0.416 e. The number of nitrogens with zero attached hydrogens (tertiary/aromatic N) is 1. The molecule has 0 fully saturated rings. The number of hydrogen-bond acceptors (Lipinski definition) is 3. The van der Waals surface area contributed by atoms with E-state index in [0.717, 1.165) is 30.5 Å². The Kier molecular flexibility index (Phi) is 4.83. The summed E-state index contributed by atoms with van der Waals surface area (Å²) in [5.74, 6) is -1.55. The number of carbonyl (C=O) groups is 1. The van der Waals surface area contributed by atoms with Crippen LogP contribution in [0, 0.1) is 5.95 Å². The van der Waals surface area contributed by atoms with E-state index in [9.17, 15) is 22.4 Å². The van der Waals surface area contributed by atoms with Gasteiger partial charge in [-0.25, -0.2) is 4.98 Å². The van der Waals surface area contributed by atoms with Crippen molar-refractivity contribution in [2.24, 2.45) is 0 Å². The molecule has 4 nitrogen and oxygen atoms in total. The van der Waals surface area contributed by atoms with Gasteiger partial charge in [-0.15, -0.1) is 0 Å². The third-order valence-corrected chi connectivity index (χ3v) is 2.84. The highest BCUT2D eigenvalue weighted by molar-refractivity contribution is 6.05. The van der Waals surface area contributed by atoms with E-state index in [0.29, 0.717) is 0 Å². The maximum Gasteiger partial charge on any atom is 0.416 e. The summed E-state index contributed by atoms with van der Waals surface area (Å²) in [6.45, 7) is 1.86. The summed E-state index contributed by atoms with van der Waals surface area (Å²) in [7, 11) is 0. The number of halogens is 4. The highest BCUT2D eigenvalue weighted by Gasteiger charge is 2.31. The summed E-state index contributed by atoms with van der Waals surface area (Å²) in [5, 5.41) is 2.29. The van der Waals surface area contributed by atoms with Gasteiger partial charge in [0.2, 0.25) is 5.95 Å². The molecule has 0 aliphatic heterocycles. The van der Waals surface area contributed by atoms with Crippen molar-refractivity contribution in [3.8, 4) is 5.75 Å². The number of nitrogens with one attached hydrogen (secondary N) is 1. The lowest BCUT2D eigenvalue weighted by Gasteiger charge is -2.14. The Morgan fingerprint density at radius 1 is 1.26 bits per heavy atom. The minimum absolute atomic E-state index is 0.0719. The largest absolute Gasteiger partial charge is 0.492 e. The first-order valence-corrected chi connectivity index (χ1v) is 6.58. The number of carbonyl (C=O) groups excluding carboxylic acids is 1. The minimum atomic E-state index is -4.56. The fourth-order valence-corrected chi connectivity index (χ4v) is 1.82. The van der Waals surface area contributed by atoms with Crippen LogP contribution in [0.3, 0.4) is 0 Å². The summed E-state index contributed by atoms with van der Waals surface area (Å²) in [6, 6.07) is 4.86. The summed E-state index contributed by atoms with van der Waals surface area (Å²) >= 11 is 0. The van der Waals surface area contributed by atoms with Crippen LogP contribution in [0.25, 0.3) is 0 Å². The molecule has 0 saturated carbocycles. The molecule has 2 aromatic rings. The second-order valence-electron chi connectivity index (χ2n) is 4.46. The van der Waals surface area contributed by atoms with Crippen molar-refractivity contribution < 1.29 is 27.1 Å². The van der Waals surface area contributed by atoms with Gasteiger partial charge in [-0.3, -0.25) is 4.79 Å². The molecule has 122 valence electrons. The number of ether oxygens (including phenoxy) is 1. The Balaban J connectivity index is 2.34. The van der Waals surface area contributed by atoms with Gasteiger partial charge in [-0.1, -0.05) is 0 Å². The van der Waals surface area contributed by atoms with Gasteiger partial charge in [0.1, 0.15) is 5.75 Å². The van der Waals surface area contributed by atoms with Crippen molar-refractivity contribution in [3.05, 3.63) is 53.6 Å². The lowest BCUT2D eigenvalue weighted by Crippen LogP contribution is -2.15. The van der Waals surface area contributed by atoms with Crippen LogP contribution in [-0.2, 0) is 6.18 Å². The van der Waals surface area contributed by atoms with Crippen LogP contribution in [0.5, 0.6) is 5.75 Å². The topological polar surface area (TPSA) is 51.2 Å². The third kappa shape index (κ3) is 4.18. The zero-order valence-corrected chi connectivity index (χ0v) is 11.9. The summed E-state index contributed by atoms with van der Waals surface area (Å²) < 4.78 is 56.6. The molecular weight excluding hydrogens is 316 g/mol. The molecule has 0 spiro atoms. The van der Waals surface area contributed by atoms with E-state index in [-0.39, 0.29) is 23.6 Å². The Morgan fingerprint density at radius 2 is 2.00 bits per heavy atom. The zero-order valence-electron chi connectivity index (χ0n) is 11.9. The second kappa shape index (κ2) is 6.64. The molecule has 1 amide bonds. The number of anilines is 1. The number of aromatic nitrogens is 1. The molecule has 2 rings (SSSR count). The van der Waals surface area contributed by atoms with Crippen LogP contribution in [0.4, 0.5) is 23.2 Å².